The SMILES string of the molecule is CC(O)CCC(O)C(N)N. The molecular formula is C6H16N2O2. The van der Waals surface area contributed by atoms with Crippen LogP contribution in [0.4, 0.5) is 0 Å². The Hall–Kier alpha value is -0.160. The quantitative estimate of drug-likeness (QED) is 0.375. The zero-order chi connectivity index (χ0) is 8.15. The van der Waals surface area contributed by atoms with Gasteiger partial charge in [-0.2, -0.15) is 0 Å². The molecule has 2 atom stereocenters. The lowest BCUT2D eigenvalue weighted by atomic mass is 10.1. The molecule has 6 N–H and O–H groups in total. The van der Waals surface area contributed by atoms with Gasteiger partial charge in [-0.3, -0.25) is 0 Å². The van der Waals surface area contributed by atoms with Gasteiger partial charge in [-0.15, -0.1) is 0 Å². The van der Waals surface area contributed by atoms with Gasteiger partial charge in [0.15, 0.2) is 0 Å². The van der Waals surface area contributed by atoms with Gasteiger partial charge >= 0.3 is 0 Å². The first-order valence-electron chi connectivity index (χ1n) is 3.41. The molecule has 2 unspecified atom stereocenters. The van der Waals surface area contributed by atoms with E-state index < -0.39 is 18.4 Å². The summed E-state index contributed by atoms with van der Waals surface area (Å²) in [6.07, 6.45) is -0.803. The molecule has 0 aliphatic carbocycles. The van der Waals surface area contributed by atoms with Crippen LogP contribution in [0.1, 0.15) is 19.8 Å². The zero-order valence-electron chi connectivity index (χ0n) is 6.20. The van der Waals surface area contributed by atoms with Crippen molar-refractivity contribution in [2.24, 2.45) is 11.5 Å². The first-order valence-corrected chi connectivity index (χ1v) is 3.41. The van der Waals surface area contributed by atoms with Crippen molar-refractivity contribution in [2.45, 2.75) is 38.1 Å². The molecule has 0 amide bonds. The molecule has 0 saturated heterocycles. The summed E-state index contributed by atoms with van der Waals surface area (Å²) >= 11 is 0. The van der Waals surface area contributed by atoms with Gasteiger partial charge in [-0.25, -0.2) is 0 Å². The molecule has 0 aliphatic rings. The molecule has 0 aromatic carbocycles. The first kappa shape index (κ1) is 9.84. The minimum atomic E-state index is -0.699. The normalized spacial score (nSPS) is 17.4. The zero-order valence-corrected chi connectivity index (χ0v) is 6.20. The van der Waals surface area contributed by atoms with E-state index in [-0.39, 0.29) is 0 Å². The van der Waals surface area contributed by atoms with E-state index in [2.05, 4.69) is 0 Å². The van der Waals surface area contributed by atoms with Gasteiger partial charge < -0.3 is 21.7 Å². The van der Waals surface area contributed by atoms with Gasteiger partial charge in [-0.1, -0.05) is 0 Å². The highest BCUT2D eigenvalue weighted by molar-refractivity contribution is 4.65. The van der Waals surface area contributed by atoms with Crippen molar-refractivity contribution >= 4 is 0 Å². The van der Waals surface area contributed by atoms with E-state index in [1.54, 1.807) is 6.92 Å². The Balaban J connectivity index is 3.30. The third-order valence-corrected chi connectivity index (χ3v) is 1.32. The molecule has 0 spiro atoms. The van der Waals surface area contributed by atoms with E-state index in [4.69, 9.17) is 21.7 Å². The summed E-state index contributed by atoms with van der Waals surface area (Å²) in [5, 5.41) is 17.8. The topological polar surface area (TPSA) is 92.5 Å². The Bertz CT molecular complexity index is 85.8. The van der Waals surface area contributed by atoms with Crippen LogP contribution in [-0.2, 0) is 0 Å². The lowest BCUT2D eigenvalue weighted by Crippen LogP contribution is -2.42. The van der Waals surface area contributed by atoms with E-state index in [1.807, 2.05) is 0 Å². The average Bonchev–Trinajstić information content (AvgIpc) is 1.82. The Morgan fingerprint density at radius 3 is 2.00 bits per heavy atom. The molecule has 10 heavy (non-hydrogen) atoms. The van der Waals surface area contributed by atoms with Crippen molar-refractivity contribution in [3.05, 3.63) is 0 Å². The third-order valence-electron chi connectivity index (χ3n) is 1.32. The number of aliphatic hydroxyl groups excluding tert-OH is 2. The number of aliphatic hydroxyl groups is 2. The molecule has 0 aromatic rings. The van der Waals surface area contributed by atoms with Gasteiger partial charge in [0.1, 0.15) is 0 Å². The molecular weight excluding hydrogens is 132 g/mol. The van der Waals surface area contributed by atoms with Crippen molar-refractivity contribution in [3.63, 3.8) is 0 Å². The van der Waals surface area contributed by atoms with Crippen molar-refractivity contribution < 1.29 is 10.2 Å². The van der Waals surface area contributed by atoms with E-state index in [0.29, 0.717) is 12.8 Å². The largest absolute Gasteiger partial charge is 0.393 e. The molecule has 62 valence electrons. The standard InChI is InChI=1S/C6H16N2O2/c1-4(9)2-3-5(10)6(7)8/h4-6,9-10H,2-3,7-8H2,1H3. The second kappa shape index (κ2) is 4.62. The predicted octanol–water partition coefficient (Wildman–Crippen LogP) is -1.25. The van der Waals surface area contributed by atoms with Gasteiger partial charge in [0.2, 0.25) is 0 Å². The number of rotatable bonds is 4. The summed E-state index contributed by atoms with van der Waals surface area (Å²) in [4.78, 5) is 0. The molecule has 0 radical (unpaired) electrons. The molecule has 0 fully saturated rings. The van der Waals surface area contributed by atoms with Gasteiger partial charge in [0.05, 0.1) is 18.4 Å². The van der Waals surface area contributed by atoms with Crippen LogP contribution in [0.5, 0.6) is 0 Å². The molecule has 0 aliphatic heterocycles. The lowest BCUT2D eigenvalue weighted by molar-refractivity contribution is 0.106. The van der Waals surface area contributed by atoms with Gasteiger partial charge in [-0.05, 0) is 19.8 Å². The molecule has 0 saturated carbocycles. The highest BCUT2D eigenvalue weighted by Gasteiger charge is 2.10. The predicted molar refractivity (Wildman–Crippen MR) is 39.1 cm³/mol. The fourth-order valence-electron chi connectivity index (χ4n) is 0.604. The molecule has 4 nitrogen and oxygen atoms in total. The van der Waals surface area contributed by atoms with Crippen LogP contribution in [0.2, 0.25) is 0 Å². The van der Waals surface area contributed by atoms with Crippen LogP contribution < -0.4 is 11.5 Å². The fourth-order valence-corrected chi connectivity index (χ4v) is 0.604. The Kier molecular flexibility index (Phi) is 4.55. The maximum absolute atomic E-state index is 9.01. The Morgan fingerprint density at radius 2 is 1.70 bits per heavy atom. The van der Waals surface area contributed by atoms with E-state index >= 15 is 0 Å². The van der Waals surface area contributed by atoms with Gasteiger partial charge in [0.25, 0.3) is 0 Å². The summed E-state index contributed by atoms with van der Waals surface area (Å²) in [5.74, 6) is 0. The number of hydrogen-bond acceptors (Lipinski definition) is 4. The highest BCUT2D eigenvalue weighted by atomic mass is 16.3. The van der Waals surface area contributed by atoms with Crippen LogP contribution in [-0.4, -0.2) is 28.6 Å². The van der Waals surface area contributed by atoms with E-state index in [1.165, 1.54) is 0 Å². The van der Waals surface area contributed by atoms with Crippen LogP contribution in [0.25, 0.3) is 0 Å². The monoisotopic (exact) mass is 148 g/mol. The summed E-state index contributed by atoms with van der Waals surface area (Å²) < 4.78 is 0. The van der Waals surface area contributed by atoms with E-state index in [0.717, 1.165) is 0 Å². The average molecular weight is 148 g/mol. The van der Waals surface area contributed by atoms with Crippen molar-refractivity contribution in [3.8, 4) is 0 Å². The summed E-state index contributed by atoms with van der Waals surface area (Å²) in [6, 6.07) is 0. The number of nitrogens with two attached hydrogens (primary N) is 2. The van der Waals surface area contributed by atoms with Crippen LogP contribution in [0.3, 0.4) is 0 Å². The first-order chi connectivity index (χ1) is 4.54. The lowest BCUT2D eigenvalue weighted by Gasteiger charge is -2.14. The Labute approximate surface area is 60.8 Å². The smallest absolute Gasteiger partial charge is 0.0821 e. The minimum Gasteiger partial charge on any atom is -0.393 e. The second-order valence-corrected chi connectivity index (χ2v) is 2.57. The van der Waals surface area contributed by atoms with E-state index in [9.17, 15) is 0 Å². The second-order valence-electron chi connectivity index (χ2n) is 2.57. The fraction of sp³-hybridized carbons (Fsp3) is 1.00. The molecule has 0 aromatic heterocycles. The molecule has 0 rings (SSSR count). The Morgan fingerprint density at radius 1 is 1.20 bits per heavy atom. The van der Waals surface area contributed by atoms with Gasteiger partial charge in [0, 0.05) is 0 Å². The molecule has 0 heterocycles. The maximum atomic E-state index is 9.01. The summed E-state index contributed by atoms with van der Waals surface area (Å²) in [7, 11) is 0. The molecule has 4 heteroatoms. The minimum absolute atomic E-state index is 0.395. The maximum Gasteiger partial charge on any atom is 0.0821 e. The van der Waals surface area contributed by atoms with Crippen molar-refractivity contribution in [1.29, 1.82) is 0 Å². The third kappa shape index (κ3) is 4.69. The van der Waals surface area contributed by atoms with Crippen LogP contribution in [0.15, 0.2) is 0 Å². The summed E-state index contributed by atoms with van der Waals surface area (Å²) in [6.45, 7) is 1.66. The number of hydrogen-bond donors (Lipinski definition) is 4. The highest BCUT2D eigenvalue weighted by Crippen LogP contribution is 2.00. The van der Waals surface area contributed by atoms with Crippen molar-refractivity contribution in [2.75, 3.05) is 0 Å². The summed E-state index contributed by atoms with van der Waals surface area (Å²) in [5.41, 5.74) is 10.3. The molecule has 0 bridgehead atoms. The van der Waals surface area contributed by atoms with Crippen molar-refractivity contribution in [1.82, 2.24) is 0 Å². The van der Waals surface area contributed by atoms with Crippen LogP contribution >= 0.6 is 0 Å². The van der Waals surface area contributed by atoms with Crippen LogP contribution in [0, 0.1) is 0 Å².